The zero-order valence-electron chi connectivity index (χ0n) is 10.6. The molecule has 7 nitrogen and oxygen atoms in total. The molecule has 1 aliphatic heterocycles. The van der Waals surface area contributed by atoms with Gasteiger partial charge in [0.2, 0.25) is 0 Å². The summed E-state index contributed by atoms with van der Waals surface area (Å²) in [5.74, 6) is -0.499. The number of ether oxygens (including phenoxy) is 1. The molecule has 0 aromatic heterocycles. The molecule has 1 fully saturated rings. The fraction of sp³-hybridized carbons (Fsp3) is 0.417. The highest BCUT2D eigenvalue weighted by Gasteiger charge is 2.21. The molecule has 1 aliphatic rings. The van der Waals surface area contributed by atoms with Crippen LogP contribution in [0.5, 0.6) is 0 Å². The minimum atomic E-state index is -0.622. The van der Waals surface area contributed by atoms with E-state index in [9.17, 15) is 14.9 Å². The second kappa shape index (κ2) is 6.65. The number of rotatable bonds is 4. The van der Waals surface area contributed by atoms with Crippen molar-refractivity contribution in [3.05, 3.63) is 38.9 Å². The fourth-order valence-corrected chi connectivity index (χ4v) is 2.08. The van der Waals surface area contributed by atoms with Gasteiger partial charge in [-0.25, -0.2) is 0 Å². The molecule has 1 atom stereocenters. The van der Waals surface area contributed by atoms with Crippen molar-refractivity contribution in [2.75, 3.05) is 26.3 Å². The number of nitro groups is 1. The highest BCUT2D eigenvalue weighted by Crippen LogP contribution is 2.23. The van der Waals surface area contributed by atoms with Gasteiger partial charge in [-0.2, -0.15) is 0 Å². The standard InChI is InChI=1S/C12H14ClN3O4/c13-8-1-2-10(11(5-8)16(18)19)12(17)15-6-9-7-20-4-3-14-9/h1-2,5,9,14H,3-4,6-7H2,(H,15,17). The maximum absolute atomic E-state index is 12.0. The van der Waals surface area contributed by atoms with E-state index in [-0.39, 0.29) is 22.3 Å². The molecule has 2 N–H and O–H groups in total. The summed E-state index contributed by atoms with van der Waals surface area (Å²) in [7, 11) is 0. The molecule has 8 heteroatoms. The molecule has 1 saturated heterocycles. The van der Waals surface area contributed by atoms with Crippen LogP contribution in [0.3, 0.4) is 0 Å². The summed E-state index contributed by atoms with van der Waals surface area (Å²) in [6, 6.07) is 3.98. The van der Waals surface area contributed by atoms with E-state index in [0.717, 1.165) is 6.54 Å². The average Bonchev–Trinajstić information content (AvgIpc) is 2.45. The SMILES string of the molecule is O=C(NCC1COCCN1)c1ccc(Cl)cc1[N+](=O)[O-]. The van der Waals surface area contributed by atoms with Crippen LogP contribution in [0.4, 0.5) is 5.69 Å². The highest BCUT2D eigenvalue weighted by molar-refractivity contribution is 6.31. The molecule has 1 unspecified atom stereocenters. The number of benzene rings is 1. The number of nitro benzene ring substituents is 1. The summed E-state index contributed by atoms with van der Waals surface area (Å²) < 4.78 is 5.26. The Bertz CT molecular complexity index is 517. The third-order valence-electron chi connectivity index (χ3n) is 2.91. The molecular weight excluding hydrogens is 286 g/mol. The third kappa shape index (κ3) is 3.66. The van der Waals surface area contributed by atoms with Crippen LogP contribution < -0.4 is 10.6 Å². The number of carbonyl (C=O) groups excluding carboxylic acids is 1. The normalized spacial score (nSPS) is 18.6. The number of hydrogen-bond donors (Lipinski definition) is 2. The molecule has 1 aromatic carbocycles. The smallest absolute Gasteiger partial charge is 0.283 e. The quantitative estimate of drug-likeness (QED) is 0.638. The van der Waals surface area contributed by atoms with E-state index in [1.807, 2.05) is 0 Å². The number of carbonyl (C=O) groups is 1. The van der Waals surface area contributed by atoms with Gasteiger partial charge in [0, 0.05) is 30.2 Å². The van der Waals surface area contributed by atoms with Gasteiger partial charge in [-0.3, -0.25) is 14.9 Å². The van der Waals surface area contributed by atoms with Crippen LogP contribution in [-0.2, 0) is 4.74 Å². The van der Waals surface area contributed by atoms with Gasteiger partial charge in [-0.1, -0.05) is 11.6 Å². The van der Waals surface area contributed by atoms with E-state index in [4.69, 9.17) is 16.3 Å². The molecule has 108 valence electrons. The maximum atomic E-state index is 12.0. The molecule has 0 saturated carbocycles. The Morgan fingerprint density at radius 2 is 2.40 bits per heavy atom. The number of halogens is 1. The van der Waals surface area contributed by atoms with Crippen LogP contribution in [0.15, 0.2) is 18.2 Å². The van der Waals surface area contributed by atoms with Gasteiger partial charge < -0.3 is 15.4 Å². The molecule has 20 heavy (non-hydrogen) atoms. The van der Waals surface area contributed by atoms with E-state index < -0.39 is 10.8 Å². The second-order valence-electron chi connectivity index (χ2n) is 4.35. The van der Waals surface area contributed by atoms with Crippen molar-refractivity contribution in [3.8, 4) is 0 Å². The Balaban J connectivity index is 2.03. The van der Waals surface area contributed by atoms with Crippen molar-refractivity contribution < 1.29 is 14.5 Å². The fourth-order valence-electron chi connectivity index (χ4n) is 1.91. The first-order valence-corrected chi connectivity index (χ1v) is 6.49. The van der Waals surface area contributed by atoms with Crippen LogP contribution in [0.2, 0.25) is 5.02 Å². The summed E-state index contributed by atoms with van der Waals surface area (Å²) in [6.07, 6.45) is 0. The summed E-state index contributed by atoms with van der Waals surface area (Å²) in [6.45, 7) is 2.22. The minimum Gasteiger partial charge on any atom is -0.378 e. The summed E-state index contributed by atoms with van der Waals surface area (Å²) in [4.78, 5) is 22.3. The minimum absolute atomic E-state index is 0.00359. The van der Waals surface area contributed by atoms with E-state index in [2.05, 4.69) is 10.6 Å². The predicted octanol–water partition coefficient (Wildman–Crippen LogP) is 0.966. The molecule has 0 bridgehead atoms. The zero-order chi connectivity index (χ0) is 14.5. The number of nitrogens with zero attached hydrogens (tertiary/aromatic N) is 1. The van der Waals surface area contributed by atoms with Gasteiger partial charge in [-0.05, 0) is 12.1 Å². The predicted molar refractivity (Wildman–Crippen MR) is 73.0 cm³/mol. The van der Waals surface area contributed by atoms with Crippen LogP contribution in [-0.4, -0.2) is 43.2 Å². The monoisotopic (exact) mass is 299 g/mol. The van der Waals surface area contributed by atoms with Gasteiger partial charge >= 0.3 is 0 Å². The summed E-state index contributed by atoms with van der Waals surface area (Å²) in [5.41, 5.74) is -0.306. The lowest BCUT2D eigenvalue weighted by Gasteiger charge is -2.23. The molecular formula is C12H14ClN3O4. The van der Waals surface area contributed by atoms with Crippen molar-refractivity contribution >= 4 is 23.2 Å². The van der Waals surface area contributed by atoms with Crippen molar-refractivity contribution in [3.63, 3.8) is 0 Å². The highest BCUT2D eigenvalue weighted by atomic mass is 35.5. The Hall–Kier alpha value is -1.70. The topological polar surface area (TPSA) is 93.5 Å². The summed E-state index contributed by atoms with van der Waals surface area (Å²) >= 11 is 5.70. The molecule has 0 radical (unpaired) electrons. The van der Waals surface area contributed by atoms with E-state index in [1.54, 1.807) is 0 Å². The lowest BCUT2D eigenvalue weighted by atomic mass is 10.1. The second-order valence-corrected chi connectivity index (χ2v) is 4.79. The van der Waals surface area contributed by atoms with Crippen molar-refractivity contribution in [1.29, 1.82) is 0 Å². The van der Waals surface area contributed by atoms with E-state index >= 15 is 0 Å². The summed E-state index contributed by atoms with van der Waals surface area (Å²) in [5, 5.41) is 17.0. The first-order valence-electron chi connectivity index (χ1n) is 6.11. The Kier molecular flexibility index (Phi) is 4.89. The largest absolute Gasteiger partial charge is 0.378 e. The van der Waals surface area contributed by atoms with Crippen LogP contribution in [0.1, 0.15) is 10.4 Å². The Labute approximate surface area is 120 Å². The number of nitrogens with one attached hydrogen (secondary N) is 2. The Morgan fingerprint density at radius 3 is 3.05 bits per heavy atom. The van der Waals surface area contributed by atoms with Crippen LogP contribution >= 0.6 is 11.6 Å². The first kappa shape index (κ1) is 14.7. The lowest BCUT2D eigenvalue weighted by Crippen LogP contribution is -2.48. The molecule has 1 heterocycles. The van der Waals surface area contributed by atoms with Crippen molar-refractivity contribution in [2.45, 2.75) is 6.04 Å². The maximum Gasteiger partial charge on any atom is 0.283 e. The van der Waals surface area contributed by atoms with Gasteiger partial charge in [-0.15, -0.1) is 0 Å². The van der Waals surface area contributed by atoms with Crippen LogP contribution in [0, 0.1) is 10.1 Å². The van der Waals surface area contributed by atoms with E-state index in [0.29, 0.717) is 19.8 Å². The molecule has 0 spiro atoms. The van der Waals surface area contributed by atoms with Crippen molar-refractivity contribution in [1.82, 2.24) is 10.6 Å². The first-order chi connectivity index (χ1) is 9.58. The Morgan fingerprint density at radius 1 is 1.60 bits per heavy atom. The van der Waals surface area contributed by atoms with Crippen LogP contribution in [0.25, 0.3) is 0 Å². The van der Waals surface area contributed by atoms with Crippen molar-refractivity contribution in [2.24, 2.45) is 0 Å². The molecule has 0 aliphatic carbocycles. The van der Waals surface area contributed by atoms with Gasteiger partial charge in [0.1, 0.15) is 5.56 Å². The lowest BCUT2D eigenvalue weighted by molar-refractivity contribution is -0.385. The van der Waals surface area contributed by atoms with Gasteiger partial charge in [0.25, 0.3) is 11.6 Å². The number of morpholine rings is 1. The molecule has 1 amide bonds. The van der Waals surface area contributed by atoms with E-state index in [1.165, 1.54) is 18.2 Å². The average molecular weight is 300 g/mol. The third-order valence-corrected chi connectivity index (χ3v) is 3.14. The molecule has 2 rings (SSSR count). The zero-order valence-corrected chi connectivity index (χ0v) is 11.4. The number of amides is 1. The number of hydrogen-bond acceptors (Lipinski definition) is 5. The molecule has 1 aromatic rings. The van der Waals surface area contributed by atoms with Gasteiger partial charge in [0.05, 0.1) is 18.1 Å². The van der Waals surface area contributed by atoms with Gasteiger partial charge in [0.15, 0.2) is 0 Å².